The zero-order valence-corrected chi connectivity index (χ0v) is 19.5. The monoisotopic (exact) mass is 444 g/mol. The summed E-state index contributed by atoms with van der Waals surface area (Å²) in [5, 5.41) is 15.1. The second-order valence-electron chi connectivity index (χ2n) is 8.94. The van der Waals surface area contributed by atoms with E-state index in [-0.39, 0.29) is 6.61 Å². The number of methoxy groups -OCH3 is 1. The number of aryl methyl sites for hydroxylation is 2. The summed E-state index contributed by atoms with van der Waals surface area (Å²) >= 11 is 0. The van der Waals surface area contributed by atoms with E-state index in [1.165, 1.54) is 11.3 Å². The molecule has 4 rings (SSSR count). The molecule has 2 aliphatic rings. The van der Waals surface area contributed by atoms with Crippen molar-refractivity contribution in [2.75, 3.05) is 59.7 Å². The molecule has 1 aromatic heterocycles. The highest BCUT2D eigenvalue weighted by Crippen LogP contribution is 2.31. The van der Waals surface area contributed by atoms with Crippen molar-refractivity contribution in [1.29, 1.82) is 0 Å². The molecule has 8 heteroatoms. The third-order valence-corrected chi connectivity index (χ3v) is 6.18. The van der Waals surface area contributed by atoms with E-state index in [2.05, 4.69) is 38.6 Å². The van der Waals surface area contributed by atoms with Crippen LogP contribution in [0.3, 0.4) is 0 Å². The van der Waals surface area contributed by atoms with Gasteiger partial charge in [-0.15, -0.1) is 0 Å². The Morgan fingerprint density at radius 2 is 1.97 bits per heavy atom. The van der Waals surface area contributed by atoms with Crippen LogP contribution in [0.2, 0.25) is 0 Å². The Bertz CT molecular complexity index is 873. The first-order valence-electron chi connectivity index (χ1n) is 11.5. The van der Waals surface area contributed by atoms with Gasteiger partial charge in [-0.3, -0.25) is 14.5 Å². The maximum absolute atomic E-state index is 10.5. The molecule has 1 atom stereocenters. The van der Waals surface area contributed by atoms with Crippen molar-refractivity contribution in [3.8, 4) is 11.5 Å². The van der Waals surface area contributed by atoms with Crippen LogP contribution in [0, 0.1) is 13.8 Å². The van der Waals surface area contributed by atoms with Gasteiger partial charge in [0.05, 0.1) is 25.5 Å². The fourth-order valence-electron chi connectivity index (χ4n) is 4.55. The summed E-state index contributed by atoms with van der Waals surface area (Å²) in [5.74, 6) is 1.37. The van der Waals surface area contributed by atoms with E-state index in [0.29, 0.717) is 24.1 Å². The van der Waals surface area contributed by atoms with Crippen LogP contribution in [0.25, 0.3) is 0 Å². The van der Waals surface area contributed by atoms with Gasteiger partial charge >= 0.3 is 0 Å². The molecule has 0 aliphatic carbocycles. The summed E-state index contributed by atoms with van der Waals surface area (Å²) in [4.78, 5) is 4.64. The number of hydrogen-bond donors (Lipinski definition) is 1. The largest absolute Gasteiger partial charge is 0.493 e. The standard InChI is InChI=1S/C24H36N4O4/c1-18-11-19(2)28(25-18)21-14-27(15-21)13-20-5-6-23(30-3)24(12-20)32-17-22(29)16-26-7-4-9-31-10-8-26/h5-6,11-12,21-22,29H,4,7-10,13-17H2,1-3H3. The SMILES string of the molecule is COc1ccc(CN2CC(n3nc(C)cc3C)C2)cc1OCC(O)CN1CCCOCC1. The molecule has 32 heavy (non-hydrogen) atoms. The highest BCUT2D eigenvalue weighted by atomic mass is 16.5. The normalized spacial score (nSPS) is 19.4. The lowest BCUT2D eigenvalue weighted by Crippen LogP contribution is -2.47. The van der Waals surface area contributed by atoms with Gasteiger partial charge in [-0.25, -0.2) is 0 Å². The first-order chi connectivity index (χ1) is 15.5. The Morgan fingerprint density at radius 1 is 1.12 bits per heavy atom. The third kappa shape index (κ3) is 5.81. The van der Waals surface area contributed by atoms with E-state index in [4.69, 9.17) is 14.2 Å². The van der Waals surface area contributed by atoms with Gasteiger partial charge in [-0.2, -0.15) is 5.10 Å². The first-order valence-corrected chi connectivity index (χ1v) is 11.5. The van der Waals surface area contributed by atoms with Gasteiger partial charge in [0.15, 0.2) is 11.5 Å². The molecule has 3 heterocycles. The van der Waals surface area contributed by atoms with Gasteiger partial charge < -0.3 is 19.3 Å². The van der Waals surface area contributed by atoms with Gasteiger partial charge in [0.25, 0.3) is 0 Å². The number of rotatable bonds is 9. The van der Waals surface area contributed by atoms with E-state index in [0.717, 1.165) is 58.1 Å². The Labute approximate surface area is 190 Å². The summed E-state index contributed by atoms with van der Waals surface area (Å²) in [6, 6.07) is 8.63. The molecule has 0 spiro atoms. The zero-order valence-electron chi connectivity index (χ0n) is 19.5. The van der Waals surface area contributed by atoms with Crippen LogP contribution >= 0.6 is 0 Å². The van der Waals surface area contributed by atoms with Crippen LogP contribution < -0.4 is 9.47 Å². The second kappa shape index (κ2) is 10.7. The number of hydrogen-bond acceptors (Lipinski definition) is 7. The number of benzene rings is 1. The second-order valence-corrected chi connectivity index (χ2v) is 8.94. The quantitative estimate of drug-likeness (QED) is 0.634. The summed E-state index contributed by atoms with van der Waals surface area (Å²) in [5.41, 5.74) is 3.47. The van der Waals surface area contributed by atoms with Crippen molar-refractivity contribution in [2.24, 2.45) is 0 Å². The average molecular weight is 445 g/mol. The number of nitrogens with zero attached hydrogens (tertiary/aromatic N) is 4. The zero-order chi connectivity index (χ0) is 22.5. The predicted octanol–water partition coefficient (Wildman–Crippen LogP) is 2.03. The van der Waals surface area contributed by atoms with Crippen molar-refractivity contribution in [3.63, 3.8) is 0 Å². The maximum Gasteiger partial charge on any atom is 0.161 e. The summed E-state index contributed by atoms with van der Waals surface area (Å²) in [6.45, 7) is 11.1. The summed E-state index contributed by atoms with van der Waals surface area (Å²) in [7, 11) is 1.64. The van der Waals surface area contributed by atoms with Crippen molar-refractivity contribution in [3.05, 3.63) is 41.2 Å². The molecule has 0 bridgehead atoms. The molecular weight excluding hydrogens is 408 g/mol. The van der Waals surface area contributed by atoms with Crippen LogP contribution in [0.4, 0.5) is 0 Å². The smallest absolute Gasteiger partial charge is 0.161 e. The maximum atomic E-state index is 10.5. The molecule has 2 fully saturated rings. The minimum absolute atomic E-state index is 0.237. The van der Waals surface area contributed by atoms with E-state index in [1.54, 1.807) is 7.11 Å². The van der Waals surface area contributed by atoms with Crippen LogP contribution in [0.5, 0.6) is 11.5 Å². The van der Waals surface area contributed by atoms with E-state index in [1.807, 2.05) is 19.1 Å². The van der Waals surface area contributed by atoms with Crippen LogP contribution in [-0.4, -0.2) is 90.4 Å². The third-order valence-electron chi connectivity index (χ3n) is 6.18. The lowest BCUT2D eigenvalue weighted by Gasteiger charge is -2.39. The molecule has 0 radical (unpaired) electrons. The molecule has 2 aliphatic heterocycles. The topological polar surface area (TPSA) is 72.2 Å². The lowest BCUT2D eigenvalue weighted by atomic mass is 10.1. The minimum atomic E-state index is -0.557. The van der Waals surface area contributed by atoms with Crippen molar-refractivity contribution < 1.29 is 19.3 Å². The number of aliphatic hydroxyl groups excluding tert-OH is 1. The molecule has 1 unspecified atom stereocenters. The van der Waals surface area contributed by atoms with Crippen LogP contribution in [0.15, 0.2) is 24.3 Å². The van der Waals surface area contributed by atoms with Gasteiger partial charge in [0, 0.05) is 51.6 Å². The summed E-state index contributed by atoms with van der Waals surface area (Å²) < 4.78 is 19.1. The predicted molar refractivity (Wildman–Crippen MR) is 122 cm³/mol. The highest BCUT2D eigenvalue weighted by Gasteiger charge is 2.29. The Kier molecular flexibility index (Phi) is 7.67. The van der Waals surface area contributed by atoms with Crippen LogP contribution in [-0.2, 0) is 11.3 Å². The van der Waals surface area contributed by atoms with Crippen molar-refractivity contribution in [1.82, 2.24) is 19.6 Å². The molecule has 0 saturated carbocycles. The molecule has 1 N–H and O–H groups in total. The van der Waals surface area contributed by atoms with Gasteiger partial charge in [-0.05, 0) is 44.0 Å². The molecule has 0 amide bonds. The number of likely N-dealkylation sites (tertiary alicyclic amines) is 1. The van der Waals surface area contributed by atoms with E-state index >= 15 is 0 Å². The number of aromatic nitrogens is 2. The molecule has 8 nitrogen and oxygen atoms in total. The fraction of sp³-hybridized carbons (Fsp3) is 0.625. The first kappa shape index (κ1) is 23.0. The van der Waals surface area contributed by atoms with Crippen molar-refractivity contribution >= 4 is 0 Å². The van der Waals surface area contributed by atoms with Gasteiger partial charge in [0.2, 0.25) is 0 Å². The van der Waals surface area contributed by atoms with E-state index < -0.39 is 6.10 Å². The molecule has 1 aromatic carbocycles. The number of aliphatic hydroxyl groups is 1. The molecule has 2 saturated heterocycles. The highest BCUT2D eigenvalue weighted by molar-refractivity contribution is 5.43. The van der Waals surface area contributed by atoms with Gasteiger partial charge in [-0.1, -0.05) is 6.07 Å². The van der Waals surface area contributed by atoms with Gasteiger partial charge in [0.1, 0.15) is 12.7 Å². The lowest BCUT2D eigenvalue weighted by molar-refractivity contribution is 0.0647. The molecular formula is C24H36N4O4. The minimum Gasteiger partial charge on any atom is -0.493 e. The average Bonchev–Trinajstić information content (AvgIpc) is 2.92. The molecule has 176 valence electrons. The molecule has 2 aromatic rings. The Balaban J connectivity index is 1.29. The van der Waals surface area contributed by atoms with E-state index in [9.17, 15) is 5.11 Å². The van der Waals surface area contributed by atoms with Crippen LogP contribution in [0.1, 0.15) is 29.4 Å². The number of ether oxygens (including phenoxy) is 3. The summed E-state index contributed by atoms with van der Waals surface area (Å²) in [6.07, 6.45) is 0.443. The number of β-amino-alcohol motifs (C(OH)–C–C–N with tert-alkyl or cyclic N) is 1. The Morgan fingerprint density at radius 3 is 2.72 bits per heavy atom. The van der Waals surface area contributed by atoms with Crippen molar-refractivity contribution in [2.45, 2.75) is 39.0 Å². The Hall–Kier alpha value is -2.13. The fourth-order valence-corrected chi connectivity index (χ4v) is 4.55.